The Hall–Kier alpha value is -6.68. The van der Waals surface area contributed by atoms with Crippen molar-refractivity contribution in [2.75, 3.05) is 9.80 Å². The van der Waals surface area contributed by atoms with Gasteiger partial charge in [0.1, 0.15) is 5.82 Å². The maximum Gasteiger partial charge on any atom is 0.135 e. The van der Waals surface area contributed by atoms with Crippen molar-refractivity contribution in [1.29, 1.82) is 0 Å². The topological polar surface area (TPSA) is 33.5 Å². The number of benzene rings is 7. The van der Waals surface area contributed by atoms with Gasteiger partial charge in [0.05, 0.1) is 0 Å². The first-order chi connectivity index (χ1) is 35.9. The number of rotatable bonds is 11. The van der Waals surface area contributed by atoms with Crippen LogP contribution in [-0.4, -0.2) is 9.55 Å². The van der Waals surface area contributed by atoms with Crippen LogP contribution in [0.2, 0.25) is 0 Å². The Morgan fingerprint density at radius 1 is 0.519 bits per heavy atom. The van der Waals surface area contributed by atoms with Crippen LogP contribution < -0.4 is 14.5 Å². The minimum atomic E-state index is -0.226. The Kier molecular flexibility index (Phi) is 15.0. The van der Waals surface area contributed by atoms with Crippen LogP contribution in [0.1, 0.15) is 160 Å². The zero-order valence-corrected chi connectivity index (χ0v) is 50.1. The molecule has 6 heteroatoms. The third-order valence-electron chi connectivity index (χ3n) is 15.5. The molecular formula is C71H75N4OPt-3. The quantitative estimate of drug-likeness (QED) is 0.121. The predicted octanol–water partition coefficient (Wildman–Crippen LogP) is 19.1. The van der Waals surface area contributed by atoms with Gasteiger partial charge in [-0.1, -0.05) is 206 Å². The van der Waals surface area contributed by atoms with E-state index in [4.69, 9.17) is 9.72 Å². The zero-order valence-electron chi connectivity index (χ0n) is 47.8. The molecule has 1 aliphatic heterocycles. The first-order valence-corrected chi connectivity index (χ1v) is 27.2. The minimum absolute atomic E-state index is 0. The summed E-state index contributed by atoms with van der Waals surface area (Å²) in [6.07, 6.45) is 4.26. The smallest absolute Gasteiger partial charge is 0.135 e. The molecule has 0 atom stereocenters. The number of fused-ring (bicyclic) bond motifs is 3. The van der Waals surface area contributed by atoms with Gasteiger partial charge >= 0.3 is 0 Å². The second kappa shape index (κ2) is 20.9. The van der Waals surface area contributed by atoms with E-state index in [0.29, 0.717) is 11.5 Å². The molecule has 398 valence electrons. The number of hydrogen-bond donors (Lipinski definition) is 0. The van der Waals surface area contributed by atoms with E-state index < -0.39 is 0 Å². The van der Waals surface area contributed by atoms with E-state index in [1.165, 1.54) is 44.5 Å². The molecular weight excluding hydrogens is 1120 g/mol. The largest absolute Gasteiger partial charge is 0.509 e. The van der Waals surface area contributed by atoms with E-state index in [-0.39, 0.29) is 54.6 Å². The number of aromatic nitrogens is 2. The van der Waals surface area contributed by atoms with E-state index in [0.717, 1.165) is 55.8 Å². The number of pyridine rings is 1. The van der Waals surface area contributed by atoms with Crippen molar-refractivity contribution in [2.45, 2.75) is 137 Å². The van der Waals surface area contributed by atoms with Gasteiger partial charge in [-0.2, -0.15) is 6.07 Å². The molecule has 1 aliphatic rings. The van der Waals surface area contributed by atoms with Gasteiger partial charge in [0, 0.05) is 66.6 Å². The fourth-order valence-corrected chi connectivity index (χ4v) is 10.7. The van der Waals surface area contributed by atoms with Crippen molar-refractivity contribution in [2.24, 2.45) is 0 Å². The molecule has 0 spiro atoms. The van der Waals surface area contributed by atoms with Crippen LogP contribution in [-0.2, 0) is 42.7 Å². The van der Waals surface area contributed by atoms with Crippen molar-refractivity contribution >= 4 is 38.9 Å². The molecule has 77 heavy (non-hydrogen) atoms. The Balaban J connectivity index is 0.00000722. The number of nitrogens with zero attached hydrogens (tertiary/aromatic N) is 4. The van der Waals surface area contributed by atoms with Crippen LogP contribution in [0.5, 0.6) is 11.5 Å². The molecule has 0 radical (unpaired) electrons. The molecule has 0 unspecified atom stereocenters. The summed E-state index contributed by atoms with van der Waals surface area (Å²) in [6.45, 7) is 36.6. The standard InChI is InChI=1S/C71H75N4O.Pt/c1-46(2)59-27-22-28-60(47(3)4)67(59)65-44-73(55-38-53(69(8,9)10)37-54(39-55)70(11,12)13)45-74(65)56-35-49(48-23-18-16-19-24-48)36-58(42-56)76-57-30-31-61-62-40-52(71(14,15)50-25-20-17-21-26-50)29-32-63(62)75(64(61)43-57)66-41-51(33-34-72-66)68(5,6)7;/h16-41,44-47H,1-15H3;/q-3;. The van der Waals surface area contributed by atoms with Crippen LogP contribution in [0.4, 0.5) is 11.4 Å². The number of hydrogen-bond acceptors (Lipinski definition) is 4. The fraction of sp³-hybridized carbons (Fsp3) is 0.296. The normalized spacial score (nSPS) is 13.5. The van der Waals surface area contributed by atoms with Gasteiger partial charge < -0.3 is 19.1 Å². The van der Waals surface area contributed by atoms with E-state index in [2.05, 4.69) is 295 Å². The summed E-state index contributed by atoms with van der Waals surface area (Å²) >= 11 is 0. The summed E-state index contributed by atoms with van der Waals surface area (Å²) in [4.78, 5) is 9.69. The van der Waals surface area contributed by atoms with Gasteiger partial charge in [0.25, 0.3) is 0 Å². The van der Waals surface area contributed by atoms with Crippen LogP contribution in [0, 0.1) is 18.8 Å². The van der Waals surface area contributed by atoms with Crippen LogP contribution >= 0.6 is 0 Å². The summed E-state index contributed by atoms with van der Waals surface area (Å²) in [7, 11) is 0. The Morgan fingerprint density at radius 3 is 1.75 bits per heavy atom. The van der Waals surface area contributed by atoms with Gasteiger partial charge in [0.15, 0.2) is 0 Å². The summed E-state index contributed by atoms with van der Waals surface area (Å²) in [6, 6.07) is 62.8. The zero-order chi connectivity index (χ0) is 54.1. The maximum atomic E-state index is 7.11. The first kappa shape index (κ1) is 55.1. The molecule has 9 aromatic rings. The first-order valence-electron chi connectivity index (χ1n) is 27.2. The number of ether oxygens (including phenoxy) is 1. The Bertz CT molecular complexity index is 3580. The van der Waals surface area contributed by atoms with Crippen LogP contribution in [0.15, 0.2) is 164 Å². The van der Waals surface area contributed by atoms with Crippen LogP contribution in [0.25, 0.3) is 44.4 Å². The molecule has 0 aliphatic carbocycles. The molecule has 0 saturated carbocycles. The second-order valence-corrected chi connectivity index (χ2v) is 25.2. The SMILES string of the molecule is CC(C)c1cccc(C(C)C)c1C1=CN(c2cc(C(C)(C)C)cc(C(C)(C)C)c2)[CH-]N1c1[c-]c(Oc2[c-]c3c(cc2)c2cc(C(C)(C)c4ccccc4)ccc2n3-c2cc(C(C)(C)C)ccn2)cc(-c2ccccc2)c1.[Pt]. The van der Waals surface area contributed by atoms with Crippen molar-refractivity contribution in [3.05, 3.63) is 227 Å². The second-order valence-electron chi connectivity index (χ2n) is 25.2. The summed E-state index contributed by atoms with van der Waals surface area (Å²) in [5.74, 6) is 2.59. The van der Waals surface area contributed by atoms with Gasteiger partial charge in [-0.05, 0) is 115 Å². The third kappa shape index (κ3) is 11.0. The number of anilines is 2. The molecule has 0 bridgehead atoms. The van der Waals surface area contributed by atoms with Crippen molar-refractivity contribution < 1.29 is 25.8 Å². The molecule has 3 heterocycles. The minimum Gasteiger partial charge on any atom is -0.509 e. The summed E-state index contributed by atoms with van der Waals surface area (Å²) < 4.78 is 9.37. The predicted molar refractivity (Wildman–Crippen MR) is 321 cm³/mol. The van der Waals surface area contributed by atoms with E-state index in [1.54, 1.807) is 0 Å². The Morgan fingerprint density at radius 2 is 1.14 bits per heavy atom. The van der Waals surface area contributed by atoms with Gasteiger partial charge in [-0.25, -0.2) is 4.98 Å². The van der Waals surface area contributed by atoms with E-state index in [1.807, 2.05) is 6.20 Å². The van der Waals surface area contributed by atoms with E-state index >= 15 is 0 Å². The molecule has 0 fully saturated rings. The Labute approximate surface area is 474 Å². The maximum absolute atomic E-state index is 7.11. The molecule has 10 rings (SSSR count). The molecule has 0 amide bonds. The third-order valence-corrected chi connectivity index (χ3v) is 15.5. The fourth-order valence-electron chi connectivity index (χ4n) is 10.7. The van der Waals surface area contributed by atoms with E-state index in [9.17, 15) is 0 Å². The van der Waals surface area contributed by atoms with Gasteiger partial charge in [0.2, 0.25) is 0 Å². The molecule has 2 aromatic heterocycles. The molecule has 0 saturated heterocycles. The van der Waals surface area contributed by atoms with Gasteiger partial charge in [-0.15, -0.1) is 53.6 Å². The summed E-state index contributed by atoms with van der Waals surface area (Å²) in [5, 5.41) is 2.22. The molecule has 5 nitrogen and oxygen atoms in total. The summed E-state index contributed by atoms with van der Waals surface area (Å²) in [5.41, 5.74) is 16.9. The van der Waals surface area contributed by atoms with Crippen molar-refractivity contribution in [1.82, 2.24) is 9.55 Å². The average Bonchev–Trinajstić information content (AvgIpc) is 4.12. The molecule has 0 N–H and O–H groups in total. The van der Waals surface area contributed by atoms with Crippen molar-refractivity contribution in [3.8, 4) is 28.4 Å². The monoisotopic (exact) mass is 1190 g/mol. The average molecular weight is 1200 g/mol. The van der Waals surface area contributed by atoms with Crippen LogP contribution in [0.3, 0.4) is 0 Å². The van der Waals surface area contributed by atoms with Crippen molar-refractivity contribution in [3.63, 3.8) is 0 Å². The van der Waals surface area contributed by atoms with Gasteiger partial charge in [-0.3, -0.25) is 0 Å². The molecule has 7 aromatic carbocycles.